The first-order valence-electron chi connectivity index (χ1n) is 6.67. The van der Waals surface area contributed by atoms with E-state index in [0.29, 0.717) is 11.0 Å². The molecule has 0 heterocycles. The van der Waals surface area contributed by atoms with Gasteiger partial charge in [-0.25, -0.2) is 0 Å². The monoisotopic (exact) mass is 294 g/mol. The summed E-state index contributed by atoms with van der Waals surface area (Å²) in [5, 5.41) is 3.53. The number of methoxy groups -OCH3 is 2. The molecule has 1 aromatic rings. The molecule has 0 aromatic heterocycles. The molecular weight excluding hydrogens is 272 g/mol. The van der Waals surface area contributed by atoms with Crippen molar-refractivity contribution in [3.05, 3.63) is 23.8 Å². The summed E-state index contributed by atoms with van der Waals surface area (Å²) in [7, 11) is 3.41. The summed E-state index contributed by atoms with van der Waals surface area (Å²) in [4.78, 5) is 0.385. The van der Waals surface area contributed by atoms with Gasteiger partial charge in [-0.2, -0.15) is 0 Å². The van der Waals surface area contributed by atoms with Gasteiger partial charge < -0.3 is 20.5 Å². The summed E-state index contributed by atoms with van der Waals surface area (Å²) < 4.78 is 10.7. The van der Waals surface area contributed by atoms with Crippen LogP contribution in [0, 0.1) is 5.41 Å². The first-order chi connectivity index (χ1) is 9.40. The topological polar surface area (TPSA) is 56.5 Å². The van der Waals surface area contributed by atoms with Crippen LogP contribution in [-0.2, 0) is 4.74 Å². The summed E-state index contributed by atoms with van der Waals surface area (Å²) in [6.45, 7) is 4.39. The number of hydrogen-bond acceptors (Lipinski definition) is 4. The van der Waals surface area contributed by atoms with Crippen molar-refractivity contribution in [2.75, 3.05) is 19.5 Å². The minimum Gasteiger partial charge on any atom is -0.497 e. The fraction of sp³-hybridized carbons (Fsp3) is 0.533. The van der Waals surface area contributed by atoms with Crippen LogP contribution in [0.2, 0.25) is 0 Å². The van der Waals surface area contributed by atoms with Crippen LogP contribution in [0.1, 0.15) is 25.8 Å². The van der Waals surface area contributed by atoms with Crippen LogP contribution in [0.15, 0.2) is 18.2 Å². The molecule has 1 saturated carbocycles. The molecule has 20 heavy (non-hydrogen) atoms. The van der Waals surface area contributed by atoms with E-state index in [1.807, 2.05) is 18.2 Å². The van der Waals surface area contributed by atoms with Crippen LogP contribution in [-0.4, -0.2) is 31.4 Å². The summed E-state index contributed by atoms with van der Waals surface area (Å²) in [6, 6.07) is 6.02. The second-order valence-corrected chi connectivity index (χ2v) is 6.19. The zero-order valence-electron chi connectivity index (χ0n) is 12.4. The van der Waals surface area contributed by atoms with E-state index in [1.165, 1.54) is 0 Å². The molecule has 0 saturated heterocycles. The Labute approximate surface area is 125 Å². The van der Waals surface area contributed by atoms with Crippen molar-refractivity contribution < 1.29 is 9.47 Å². The van der Waals surface area contributed by atoms with Crippen LogP contribution < -0.4 is 15.8 Å². The predicted octanol–water partition coefficient (Wildman–Crippen LogP) is 2.55. The highest BCUT2D eigenvalue weighted by Gasteiger charge is 2.48. The number of nitrogens with one attached hydrogen (secondary N) is 1. The molecule has 2 atom stereocenters. The molecule has 0 radical (unpaired) electrons. The third-order valence-corrected chi connectivity index (χ3v) is 4.50. The molecule has 1 aromatic carbocycles. The second-order valence-electron chi connectivity index (χ2n) is 5.75. The van der Waals surface area contributed by atoms with Gasteiger partial charge in [0.2, 0.25) is 0 Å². The third-order valence-electron chi connectivity index (χ3n) is 4.28. The molecule has 1 aliphatic carbocycles. The molecule has 1 fully saturated rings. The number of rotatable bonds is 5. The van der Waals surface area contributed by atoms with Gasteiger partial charge in [0.15, 0.2) is 0 Å². The van der Waals surface area contributed by atoms with Crippen LogP contribution in [0.4, 0.5) is 5.69 Å². The van der Waals surface area contributed by atoms with E-state index in [0.717, 1.165) is 23.4 Å². The van der Waals surface area contributed by atoms with Crippen molar-refractivity contribution in [2.45, 2.75) is 32.4 Å². The van der Waals surface area contributed by atoms with Gasteiger partial charge >= 0.3 is 0 Å². The average molecular weight is 294 g/mol. The normalized spacial score (nSPS) is 23.8. The fourth-order valence-electron chi connectivity index (χ4n) is 2.70. The summed E-state index contributed by atoms with van der Waals surface area (Å²) in [6.07, 6.45) is 1.25. The minimum absolute atomic E-state index is 0.0747. The number of hydrogen-bond donors (Lipinski definition) is 2. The van der Waals surface area contributed by atoms with Crippen molar-refractivity contribution in [2.24, 2.45) is 11.1 Å². The minimum atomic E-state index is 0.0747. The smallest absolute Gasteiger partial charge is 0.120 e. The van der Waals surface area contributed by atoms with Gasteiger partial charge in [-0.1, -0.05) is 26.1 Å². The van der Waals surface area contributed by atoms with Crippen LogP contribution in [0.3, 0.4) is 0 Å². The Morgan fingerprint density at radius 1 is 1.40 bits per heavy atom. The van der Waals surface area contributed by atoms with Crippen molar-refractivity contribution in [3.63, 3.8) is 0 Å². The van der Waals surface area contributed by atoms with Crippen molar-refractivity contribution in [1.29, 1.82) is 0 Å². The van der Waals surface area contributed by atoms with Crippen LogP contribution >= 0.6 is 12.2 Å². The molecule has 1 aliphatic rings. The summed E-state index contributed by atoms with van der Waals surface area (Å²) >= 11 is 5.11. The van der Waals surface area contributed by atoms with Gasteiger partial charge in [-0.3, -0.25) is 0 Å². The third kappa shape index (κ3) is 2.60. The Morgan fingerprint density at radius 3 is 2.60 bits per heavy atom. The van der Waals surface area contributed by atoms with E-state index in [4.69, 9.17) is 27.4 Å². The predicted molar refractivity (Wildman–Crippen MR) is 85.5 cm³/mol. The molecule has 0 aliphatic heterocycles. The number of benzene rings is 1. The zero-order chi connectivity index (χ0) is 14.9. The highest BCUT2D eigenvalue weighted by Crippen LogP contribution is 2.44. The molecule has 0 bridgehead atoms. The van der Waals surface area contributed by atoms with Gasteiger partial charge in [0, 0.05) is 35.9 Å². The first-order valence-corrected chi connectivity index (χ1v) is 7.08. The number of nitrogens with two attached hydrogens (primary N) is 1. The number of anilines is 1. The fourth-order valence-corrected chi connectivity index (χ4v) is 2.88. The number of ether oxygens (including phenoxy) is 2. The average Bonchev–Trinajstić information content (AvgIpc) is 2.42. The van der Waals surface area contributed by atoms with Gasteiger partial charge in [-0.15, -0.1) is 0 Å². The largest absolute Gasteiger partial charge is 0.497 e. The van der Waals surface area contributed by atoms with Crippen LogP contribution in [0.25, 0.3) is 0 Å². The zero-order valence-corrected chi connectivity index (χ0v) is 13.2. The molecule has 0 spiro atoms. The molecule has 110 valence electrons. The van der Waals surface area contributed by atoms with E-state index in [1.54, 1.807) is 14.2 Å². The maximum Gasteiger partial charge on any atom is 0.120 e. The Kier molecular flexibility index (Phi) is 4.20. The van der Waals surface area contributed by atoms with Crippen molar-refractivity contribution in [3.8, 4) is 5.75 Å². The Morgan fingerprint density at radius 2 is 2.10 bits per heavy atom. The number of thiocarbonyl (C=S) groups is 1. The van der Waals surface area contributed by atoms with Gasteiger partial charge in [0.25, 0.3) is 0 Å². The van der Waals surface area contributed by atoms with Gasteiger partial charge in [0.1, 0.15) is 10.7 Å². The van der Waals surface area contributed by atoms with E-state index in [-0.39, 0.29) is 11.5 Å². The molecular formula is C15H22N2O2S. The van der Waals surface area contributed by atoms with Gasteiger partial charge in [0.05, 0.1) is 13.2 Å². The Bertz CT molecular complexity index is 517. The lowest BCUT2D eigenvalue weighted by Crippen LogP contribution is -2.57. The Balaban J connectivity index is 2.23. The quantitative estimate of drug-likeness (QED) is 0.817. The van der Waals surface area contributed by atoms with Crippen molar-refractivity contribution in [1.82, 2.24) is 0 Å². The van der Waals surface area contributed by atoms with E-state index < -0.39 is 0 Å². The lowest BCUT2D eigenvalue weighted by Gasteiger charge is -2.51. The van der Waals surface area contributed by atoms with Crippen LogP contribution in [0.5, 0.6) is 5.75 Å². The summed E-state index contributed by atoms with van der Waals surface area (Å²) in [5.74, 6) is 0.785. The SMILES string of the molecule is COc1ccc(C(N)=S)c(NC2CC(OC)C2(C)C)c1. The lowest BCUT2D eigenvalue weighted by atomic mass is 9.64. The molecule has 2 unspecified atom stereocenters. The van der Waals surface area contributed by atoms with E-state index >= 15 is 0 Å². The molecule has 3 N–H and O–H groups in total. The molecule has 2 rings (SSSR count). The first kappa shape index (κ1) is 15.1. The van der Waals surface area contributed by atoms with E-state index in [2.05, 4.69) is 19.2 Å². The molecule has 0 amide bonds. The highest BCUT2D eigenvalue weighted by molar-refractivity contribution is 7.80. The Hall–Kier alpha value is -1.33. The second kappa shape index (κ2) is 5.58. The van der Waals surface area contributed by atoms with Crippen molar-refractivity contribution >= 4 is 22.9 Å². The highest BCUT2D eigenvalue weighted by atomic mass is 32.1. The maximum atomic E-state index is 5.79. The maximum absolute atomic E-state index is 5.79. The van der Waals surface area contributed by atoms with E-state index in [9.17, 15) is 0 Å². The standard InChI is InChI=1S/C15H22N2O2S/c1-15(2)12(8-13(15)19-4)17-11-7-9(18-3)5-6-10(11)14(16)20/h5-7,12-13,17H,8H2,1-4H3,(H2,16,20). The van der Waals surface area contributed by atoms with Gasteiger partial charge in [-0.05, 0) is 18.6 Å². The molecule has 4 nitrogen and oxygen atoms in total. The summed E-state index contributed by atoms with van der Waals surface area (Å²) in [5.41, 5.74) is 7.63. The molecule has 5 heteroatoms. The lowest BCUT2D eigenvalue weighted by molar-refractivity contribution is -0.0794.